The molecular formula is C17H19N7O2. The average molecular weight is 353 g/mol. The first-order valence-electron chi connectivity index (χ1n) is 8.18. The van der Waals surface area contributed by atoms with Gasteiger partial charge in [0.25, 0.3) is 0 Å². The lowest BCUT2D eigenvalue weighted by molar-refractivity contribution is -0.385. The predicted octanol–water partition coefficient (Wildman–Crippen LogP) is 3.14. The number of imidazole rings is 1. The van der Waals surface area contributed by atoms with Gasteiger partial charge in [-0.2, -0.15) is 4.98 Å². The summed E-state index contributed by atoms with van der Waals surface area (Å²) in [5.74, 6) is 0.531. The number of hydrogen-bond donors (Lipinski definition) is 2. The highest BCUT2D eigenvalue weighted by molar-refractivity contribution is 5.68. The van der Waals surface area contributed by atoms with Gasteiger partial charge >= 0.3 is 5.69 Å². The van der Waals surface area contributed by atoms with Crippen LogP contribution in [-0.4, -0.2) is 31.0 Å². The van der Waals surface area contributed by atoms with Crippen LogP contribution in [0, 0.1) is 17.0 Å². The Bertz CT molecular complexity index is 866. The zero-order chi connectivity index (χ0) is 18.4. The molecule has 0 atom stereocenters. The summed E-state index contributed by atoms with van der Waals surface area (Å²) in [7, 11) is 0. The summed E-state index contributed by atoms with van der Waals surface area (Å²) in [5, 5.41) is 17.5. The fraction of sp³-hybridized carbons (Fsp3) is 0.235. The summed E-state index contributed by atoms with van der Waals surface area (Å²) in [5.41, 5.74) is 0.901. The minimum absolute atomic E-state index is 0.127. The molecule has 9 nitrogen and oxygen atoms in total. The molecule has 134 valence electrons. The van der Waals surface area contributed by atoms with E-state index < -0.39 is 4.92 Å². The van der Waals surface area contributed by atoms with Gasteiger partial charge in [-0.15, -0.1) is 0 Å². The predicted molar refractivity (Wildman–Crippen MR) is 98.5 cm³/mol. The molecule has 0 amide bonds. The number of nitrogens with one attached hydrogen (secondary N) is 2. The second kappa shape index (κ2) is 8.06. The molecule has 0 saturated heterocycles. The van der Waals surface area contributed by atoms with E-state index in [0.29, 0.717) is 18.2 Å². The van der Waals surface area contributed by atoms with Crippen LogP contribution in [0.25, 0.3) is 0 Å². The molecule has 0 bridgehead atoms. The molecule has 9 heteroatoms. The molecule has 0 unspecified atom stereocenters. The first-order valence-corrected chi connectivity index (χ1v) is 8.18. The standard InChI is InChI=1S/C17H19N7O2/c1-13-15(24(25)26)16(21-14-6-3-2-4-7-14)22-17(20-13)19-8-5-10-23-11-9-18-12-23/h2-4,6-7,9,11-12H,5,8,10H2,1H3,(H2,19,20,21,22). The summed E-state index contributed by atoms with van der Waals surface area (Å²) < 4.78 is 1.98. The van der Waals surface area contributed by atoms with Gasteiger partial charge in [0, 0.05) is 31.2 Å². The number of rotatable bonds is 8. The largest absolute Gasteiger partial charge is 0.354 e. The molecule has 1 aromatic carbocycles. The maximum absolute atomic E-state index is 11.4. The highest BCUT2D eigenvalue weighted by atomic mass is 16.6. The van der Waals surface area contributed by atoms with Gasteiger partial charge in [0.2, 0.25) is 11.8 Å². The number of nitro groups is 1. The van der Waals surface area contributed by atoms with Crippen molar-refractivity contribution in [2.24, 2.45) is 0 Å². The lowest BCUT2D eigenvalue weighted by atomic mass is 10.3. The average Bonchev–Trinajstić information content (AvgIpc) is 3.12. The molecule has 2 N–H and O–H groups in total. The lowest BCUT2D eigenvalue weighted by Crippen LogP contribution is -2.11. The molecular weight excluding hydrogens is 334 g/mol. The van der Waals surface area contributed by atoms with Crippen LogP contribution in [0.1, 0.15) is 12.1 Å². The first-order chi connectivity index (χ1) is 12.6. The van der Waals surface area contributed by atoms with Crippen LogP contribution in [0.4, 0.5) is 23.1 Å². The fourth-order valence-corrected chi connectivity index (χ4v) is 2.49. The van der Waals surface area contributed by atoms with Gasteiger partial charge in [0.05, 0.1) is 11.3 Å². The van der Waals surface area contributed by atoms with Crippen molar-refractivity contribution in [1.29, 1.82) is 0 Å². The van der Waals surface area contributed by atoms with Gasteiger partial charge in [-0.1, -0.05) is 18.2 Å². The Morgan fingerprint density at radius 1 is 1.23 bits per heavy atom. The fourth-order valence-electron chi connectivity index (χ4n) is 2.49. The summed E-state index contributed by atoms with van der Waals surface area (Å²) in [6.45, 7) is 3.06. The van der Waals surface area contributed by atoms with E-state index in [-0.39, 0.29) is 11.5 Å². The van der Waals surface area contributed by atoms with Crippen molar-refractivity contribution in [3.05, 3.63) is 64.9 Å². The maximum atomic E-state index is 11.4. The van der Waals surface area contributed by atoms with Crippen molar-refractivity contribution in [3.8, 4) is 0 Å². The first kappa shape index (κ1) is 17.3. The van der Waals surface area contributed by atoms with Crippen LogP contribution in [0.15, 0.2) is 49.1 Å². The van der Waals surface area contributed by atoms with E-state index in [1.807, 2.05) is 41.1 Å². The third-order valence-electron chi connectivity index (χ3n) is 3.71. The Balaban J connectivity index is 1.72. The Morgan fingerprint density at radius 3 is 2.73 bits per heavy atom. The van der Waals surface area contributed by atoms with Crippen molar-refractivity contribution in [2.75, 3.05) is 17.2 Å². The van der Waals surface area contributed by atoms with E-state index in [9.17, 15) is 10.1 Å². The number of aryl methyl sites for hydroxylation is 2. The van der Waals surface area contributed by atoms with Crippen molar-refractivity contribution in [1.82, 2.24) is 19.5 Å². The van der Waals surface area contributed by atoms with Crippen molar-refractivity contribution in [3.63, 3.8) is 0 Å². The summed E-state index contributed by atoms with van der Waals surface area (Å²) in [6, 6.07) is 9.20. The molecule has 0 saturated carbocycles. The molecule has 0 aliphatic heterocycles. The molecule has 3 aromatic rings. The van der Waals surface area contributed by atoms with Crippen LogP contribution in [-0.2, 0) is 6.54 Å². The number of aromatic nitrogens is 4. The van der Waals surface area contributed by atoms with Crippen LogP contribution >= 0.6 is 0 Å². The molecule has 0 spiro atoms. The number of nitrogens with zero attached hydrogens (tertiary/aromatic N) is 5. The summed E-state index contributed by atoms with van der Waals surface area (Å²) in [6.07, 6.45) is 6.23. The maximum Gasteiger partial charge on any atom is 0.332 e. The zero-order valence-electron chi connectivity index (χ0n) is 14.3. The van der Waals surface area contributed by atoms with Gasteiger partial charge in [-0.05, 0) is 25.5 Å². The van der Waals surface area contributed by atoms with Gasteiger partial charge < -0.3 is 15.2 Å². The quantitative estimate of drug-likeness (QED) is 0.363. The normalized spacial score (nSPS) is 10.5. The number of hydrogen-bond acceptors (Lipinski definition) is 7. The SMILES string of the molecule is Cc1nc(NCCCn2ccnc2)nc(Nc2ccccc2)c1[N+](=O)[O-]. The smallest absolute Gasteiger partial charge is 0.332 e. The Labute approximate surface area is 150 Å². The van der Waals surface area contributed by atoms with Crippen LogP contribution in [0.3, 0.4) is 0 Å². The Hall–Kier alpha value is -3.49. The van der Waals surface area contributed by atoms with Crippen molar-refractivity contribution in [2.45, 2.75) is 19.9 Å². The van der Waals surface area contributed by atoms with Crippen molar-refractivity contribution >= 4 is 23.1 Å². The molecule has 0 aliphatic rings. The summed E-state index contributed by atoms with van der Waals surface area (Å²) >= 11 is 0. The van der Waals surface area contributed by atoms with E-state index >= 15 is 0 Å². The van der Waals surface area contributed by atoms with Crippen LogP contribution in [0.5, 0.6) is 0 Å². The molecule has 0 fully saturated rings. The van der Waals surface area contributed by atoms with E-state index in [1.54, 1.807) is 19.4 Å². The summed E-state index contributed by atoms with van der Waals surface area (Å²) in [4.78, 5) is 23.4. The van der Waals surface area contributed by atoms with Gasteiger partial charge in [-0.25, -0.2) is 9.97 Å². The highest BCUT2D eigenvalue weighted by Crippen LogP contribution is 2.29. The van der Waals surface area contributed by atoms with Gasteiger partial charge in [0.1, 0.15) is 5.69 Å². The van der Waals surface area contributed by atoms with Crippen LogP contribution in [0.2, 0.25) is 0 Å². The van der Waals surface area contributed by atoms with Crippen molar-refractivity contribution < 1.29 is 4.92 Å². The number of para-hydroxylation sites is 1. The third kappa shape index (κ3) is 4.32. The topological polar surface area (TPSA) is 111 Å². The van der Waals surface area contributed by atoms with E-state index in [2.05, 4.69) is 25.6 Å². The highest BCUT2D eigenvalue weighted by Gasteiger charge is 2.22. The van der Waals surface area contributed by atoms with E-state index in [0.717, 1.165) is 18.7 Å². The second-order valence-electron chi connectivity index (χ2n) is 5.66. The molecule has 0 radical (unpaired) electrons. The molecule has 2 heterocycles. The minimum atomic E-state index is -0.469. The molecule has 26 heavy (non-hydrogen) atoms. The van der Waals surface area contributed by atoms with E-state index in [4.69, 9.17) is 0 Å². The second-order valence-corrected chi connectivity index (χ2v) is 5.66. The monoisotopic (exact) mass is 353 g/mol. The lowest BCUT2D eigenvalue weighted by Gasteiger charge is -2.11. The number of benzene rings is 1. The van der Waals surface area contributed by atoms with Gasteiger partial charge in [0.15, 0.2) is 0 Å². The molecule has 0 aliphatic carbocycles. The Morgan fingerprint density at radius 2 is 2.04 bits per heavy atom. The molecule has 2 aromatic heterocycles. The molecule has 3 rings (SSSR count). The minimum Gasteiger partial charge on any atom is -0.354 e. The van der Waals surface area contributed by atoms with E-state index in [1.165, 1.54) is 0 Å². The zero-order valence-corrected chi connectivity index (χ0v) is 14.3. The van der Waals surface area contributed by atoms with Gasteiger partial charge in [-0.3, -0.25) is 10.1 Å². The van der Waals surface area contributed by atoms with Crippen LogP contribution < -0.4 is 10.6 Å². The number of anilines is 3. The Kier molecular flexibility index (Phi) is 5.37. The third-order valence-corrected chi connectivity index (χ3v) is 3.71.